The first-order chi connectivity index (χ1) is 5.72. The molecular weight excluding hydrogens is 307 g/mol. The van der Waals surface area contributed by atoms with Crippen LogP contribution in [-0.2, 0) is 0 Å². The largest absolute Gasteiger partial charge is 0.384 e. The molecule has 1 rings (SSSR count). The van der Waals surface area contributed by atoms with Crippen LogP contribution in [0.1, 0.15) is 5.69 Å². The molecule has 0 spiro atoms. The topological polar surface area (TPSA) is 38.9 Å². The molecule has 1 aromatic heterocycles. The Morgan fingerprint density at radius 3 is 2.92 bits per heavy atom. The van der Waals surface area contributed by atoms with Gasteiger partial charge in [0.05, 0.1) is 0 Å². The Labute approximate surface area is 91.9 Å². The Morgan fingerprint density at radius 2 is 2.33 bits per heavy atom. The third kappa shape index (κ3) is 3.09. The highest BCUT2D eigenvalue weighted by Gasteiger charge is 1.94. The second-order valence-electron chi connectivity index (χ2n) is 1.90. The number of hydrogen-bond acceptors (Lipinski definition) is 3. The molecule has 0 aliphatic heterocycles. The van der Waals surface area contributed by atoms with Crippen LogP contribution in [0.15, 0.2) is 12.1 Å². The van der Waals surface area contributed by atoms with Gasteiger partial charge in [-0.15, -0.1) is 0 Å². The zero-order chi connectivity index (χ0) is 8.97. The Kier molecular flexibility index (Phi) is 3.98. The van der Waals surface area contributed by atoms with Gasteiger partial charge >= 0.3 is 0 Å². The van der Waals surface area contributed by atoms with Gasteiger partial charge in [0.2, 0.25) is 0 Å². The average molecular weight is 311 g/mol. The van der Waals surface area contributed by atoms with Gasteiger partial charge in [-0.05, 0) is 32.2 Å². The van der Waals surface area contributed by atoms with Crippen LogP contribution in [0.5, 0.6) is 0 Å². The summed E-state index contributed by atoms with van der Waals surface area (Å²) in [4.78, 5) is 3.97. The van der Waals surface area contributed by atoms with Crippen LogP contribution in [0.4, 0.5) is 5.82 Å². The molecule has 62 valence electrons. The van der Waals surface area contributed by atoms with Gasteiger partial charge in [-0.1, -0.05) is 11.6 Å². The third-order valence-electron chi connectivity index (χ3n) is 1.03. The second kappa shape index (κ2) is 4.80. The van der Waals surface area contributed by atoms with Gasteiger partial charge in [-0.25, -0.2) is 4.98 Å². The lowest BCUT2D eigenvalue weighted by Gasteiger charge is -1.94. The maximum Gasteiger partial charge on any atom is 0.126 e. The van der Waals surface area contributed by atoms with E-state index in [9.17, 15) is 0 Å². The van der Waals surface area contributed by atoms with Crippen molar-refractivity contribution in [3.05, 3.63) is 22.8 Å². The van der Waals surface area contributed by atoms with Crippen molar-refractivity contribution < 1.29 is 0 Å². The van der Waals surface area contributed by atoms with Gasteiger partial charge in [0.25, 0.3) is 0 Å². The number of hydrogen-bond donors (Lipinski definition) is 1. The zero-order valence-electron chi connectivity index (χ0n) is 5.84. The molecule has 1 heterocycles. The van der Waals surface area contributed by atoms with E-state index in [2.05, 4.69) is 37.4 Å². The fraction of sp³-hybridized carbons (Fsp3) is 0. The smallest absolute Gasteiger partial charge is 0.126 e. The number of nitrogen functional groups attached to an aromatic ring is 1. The average Bonchev–Trinajstić information content (AvgIpc) is 1.99. The van der Waals surface area contributed by atoms with Crippen molar-refractivity contribution in [1.29, 1.82) is 0 Å². The van der Waals surface area contributed by atoms with Crippen LogP contribution in [0.3, 0.4) is 0 Å². The van der Waals surface area contributed by atoms with E-state index in [-0.39, 0.29) is 0 Å². The molecule has 0 saturated heterocycles. The summed E-state index contributed by atoms with van der Waals surface area (Å²) < 4.78 is 0. The Balaban J connectivity index is 3.01. The summed E-state index contributed by atoms with van der Waals surface area (Å²) in [6.07, 6.45) is 0. The molecule has 2 N–H and O–H groups in total. The van der Waals surface area contributed by atoms with Gasteiger partial charge in [-0.2, -0.15) is 0 Å². The Hall–Kier alpha value is -0.120. The van der Waals surface area contributed by atoms with Crippen LogP contribution in [0.25, 0.3) is 0 Å². The Bertz CT molecular complexity index is 325. The predicted octanol–water partition coefficient (Wildman–Crippen LogP) is 2.71. The third-order valence-corrected chi connectivity index (χ3v) is 2.09. The molecule has 0 aromatic carbocycles. The SMILES string of the molecule is Nc1cc(Cl)cc(C#CSI)n1. The van der Waals surface area contributed by atoms with Crippen molar-refractivity contribution in [3.63, 3.8) is 0 Å². The molecule has 2 nitrogen and oxygen atoms in total. The lowest BCUT2D eigenvalue weighted by molar-refractivity contribution is 1.30. The lowest BCUT2D eigenvalue weighted by Crippen LogP contribution is -1.91. The van der Waals surface area contributed by atoms with Crippen LogP contribution < -0.4 is 5.73 Å². The van der Waals surface area contributed by atoms with Crippen molar-refractivity contribution in [2.24, 2.45) is 0 Å². The molecule has 12 heavy (non-hydrogen) atoms. The predicted molar refractivity (Wildman–Crippen MR) is 62.1 cm³/mol. The van der Waals surface area contributed by atoms with Gasteiger partial charge in [-0.3, -0.25) is 0 Å². The van der Waals surface area contributed by atoms with Crippen molar-refractivity contribution in [2.75, 3.05) is 5.73 Å². The summed E-state index contributed by atoms with van der Waals surface area (Å²) >= 11 is 7.82. The minimum Gasteiger partial charge on any atom is -0.384 e. The van der Waals surface area contributed by atoms with E-state index in [1.165, 1.54) is 8.93 Å². The molecule has 0 saturated carbocycles. The number of nitrogens with zero attached hydrogens (tertiary/aromatic N) is 1. The van der Waals surface area contributed by atoms with E-state index in [0.29, 0.717) is 16.5 Å². The maximum absolute atomic E-state index is 5.73. The van der Waals surface area contributed by atoms with Gasteiger partial charge in [0.15, 0.2) is 0 Å². The summed E-state index contributed by atoms with van der Waals surface area (Å²) in [5.74, 6) is 3.20. The van der Waals surface area contributed by atoms with E-state index in [4.69, 9.17) is 17.3 Å². The molecule has 0 amide bonds. The van der Waals surface area contributed by atoms with Gasteiger partial charge in [0.1, 0.15) is 11.5 Å². The molecule has 0 atom stereocenters. The monoisotopic (exact) mass is 310 g/mol. The van der Waals surface area contributed by atoms with Crippen LogP contribution in [0.2, 0.25) is 5.02 Å². The normalized spacial score (nSPS) is 8.83. The van der Waals surface area contributed by atoms with E-state index in [1.807, 2.05) is 0 Å². The van der Waals surface area contributed by atoms with Crippen LogP contribution >= 0.6 is 41.7 Å². The summed E-state index contributed by atoms with van der Waals surface area (Å²) in [5, 5.41) is 3.36. The maximum atomic E-state index is 5.73. The molecule has 5 heteroatoms. The standard InChI is InChI=1S/C7H4ClIN2S/c8-5-3-6(1-2-12-9)11-7(10)4-5/h3-4H,(H2,10,11). The summed E-state index contributed by atoms with van der Waals surface area (Å²) in [6.45, 7) is 0. The number of halogens is 2. The molecule has 0 aliphatic carbocycles. The number of nitrogens with two attached hydrogens (primary N) is 1. The summed E-state index contributed by atoms with van der Waals surface area (Å²) in [6, 6.07) is 3.27. The van der Waals surface area contributed by atoms with E-state index in [1.54, 1.807) is 12.1 Å². The second-order valence-corrected chi connectivity index (χ2v) is 4.02. The van der Waals surface area contributed by atoms with Crippen molar-refractivity contribution in [2.45, 2.75) is 0 Å². The highest BCUT2D eigenvalue weighted by molar-refractivity contribution is 14.2. The first kappa shape index (κ1) is 9.96. The fourth-order valence-electron chi connectivity index (χ4n) is 0.653. The van der Waals surface area contributed by atoms with Gasteiger partial charge in [0, 0.05) is 26.2 Å². The lowest BCUT2D eigenvalue weighted by atomic mass is 10.3. The highest BCUT2D eigenvalue weighted by atomic mass is 127. The molecule has 0 radical (unpaired) electrons. The minimum atomic E-state index is 0.394. The molecule has 0 bridgehead atoms. The van der Waals surface area contributed by atoms with Crippen molar-refractivity contribution in [1.82, 2.24) is 4.98 Å². The van der Waals surface area contributed by atoms with E-state index >= 15 is 0 Å². The van der Waals surface area contributed by atoms with Crippen molar-refractivity contribution in [3.8, 4) is 11.2 Å². The minimum absolute atomic E-state index is 0.394. The molecular formula is C7H4ClIN2S. The zero-order valence-corrected chi connectivity index (χ0v) is 9.57. The molecule has 1 aromatic rings. The summed E-state index contributed by atoms with van der Waals surface area (Å²) in [5.41, 5.74) is 6.06. The molecule has 0 aliphatic rings. The molecule has 0 unspecified atom stereocenters. The number of rotatable bonds is 0. The van der Waals surface area contributed by atoms with Gasteiger partial charge < -0.3 is 5.73 Å². The fourth-order valence-corrected chi connectivity index (χ4v) is 1.34. The highest BCUT2D eigenvalue weighted by Crippen LogP contribution is 2.13. The quantitative estimate of drug-likeness (QED) is 0.591. The van der Waals surface area contributed by atoms with Crippen LogP contribution in [0, 0.1) is 11.2 Å². The van der Waals surface area contributed by atoms with Crippen molar-refractivity contribution >= 4 is 47.6 Å². The Morgan fingerprint density at radius 1 is 1.58 bits per heavy atom. The van der Waals surface area contributed by atoms with Crippen LogP contribution in [-0.4, -0.2) is 4.98 Å². The first-order valence-electron chi connectivity index (χ1n) is 2.94. The number of pyridine rings is 1. The molecule has 0 fully saturated rings. The van der Waals surface area contributed by atoms with E-state index in [0.717, 1.165) is 0 Å². The number of aromatic nitrogens is 1. The van der Waals surface area contributed by atoms with E-state index < -0.39 is 0 Å². The first-order valence-corrected chi connectivity index (χ1v) is 6.68. The summed E-state index contributed by atoms with van der Waals surface area (Å²) in [7, 11) is 1.39. The number of anilines is 1.